The minimum Gasteiger partial charge on any atom is -0.497 e. The topological polar surface area (TPSA) is 72.8 Å². The van der Waals surface area contributed by atoms with Gasteiger partial charge in [0.05, 0.1) is 26.1 Å². The van der Waals surface area contributed by atoms with Crippen LogP contribution in [-0.2, 0) is 0 Å². The van der Waals surface area contributed by atoms with Gasteiger partial charge in [-0.15, -0.1) is 0 Å². The van der Waals surface area contributed by atoms with Crippen molar-refractivity contribution < 1.29 is 14.3 Å². The second-order valence-corrected chi connectivity index (χ2v) is 6.20. The summed E-state index contributed by atoms with van der Waals surface area (Å²) in [5.74, 6) is 0.843. The van der Waals surface area contributed by atoms with Gasteiger partial charge in [0, 0.05) is 22.2 Å². The zero-order chi connectivity index (χ0) is 19.9. The van der Waals surface area contributed by atoms with E-state index in [2.05, 4.69) is 15.5 Å². The molecule has 28 heavy (non-hydrogen) atoms. The number of carbonyl (C=O) groups excluding carboxylic acids is 1. The molecule has 3 aromatic rings. The zero-order valence-corrected chi connectivity index (χ0v) is 16.1. The van der Waals surface area contributed by atoms with Gasteiger partial charge in [-0.2, -0.15) is 5.10 Å². The maximum absolute atomic E-state index is 12.4. The molecule has 3 rings (SSSR count). The Morgan fingerprint density at radius 3 is 2.36 bits per heavy atom. The van der Waals surface area contributed by atoms with E-state index in [1.54, 1.807) is 56.7 Å². The summed E-state index contributed by atoms with van der Waals surface area (Å²) in [4.78, 5) is 16.7. The molecule has 0 aliphatic rings. The molecule has 0 saturated carbocycles. The van der Waals surface area contributed by atoms with E-state index >= 15 is 0 Å². The molecule has 1 amide bonds. The van der Waals surface area contributed by atoms with Crippen LogP contribution in [0, 0.1) is 0 Å². The van der Waals surface area contributed by atoms with E-state index in [1.807, 2.05) is 18.2 Å². The molecule has 7 heteroatoms. The number of amides is 1. The molecule has 1 N–H and O–H groups in total. The normalized spacial score (nSPS) is 10.7. The molecule has 0 saturated heterocycles. The lowest BCUT2D eigenvalue weighted by atomic mass is 10.1. The number of nitrogens with one attached hydrogen (secondary N) is 1. The lowest BCUT2D eigenvalue weighted by Gasteiger charge is -2.06. The predicted molar refractivity (Wildman–Crippen MR) is 109 cm³/mol. The fourth-order valence-corrected chi connectivity index (χ4v) is 2.60. The Labute approximate surface area is 167 Å². The SMILES string of the molecule is COc1cc(/C=N/NC(=O)c2cccc(-c3ccc(Cl)cc3)n2)cc(OC)c1. The second kappa shape index (κ2) is 9.01. The highest BCUT2D eigenvalue weighted by Crippen LogP contribution is 2.22. The van der Waals surface area contributed by atoms with Gasteiger partial charge in [0.15, 0.2) is 0 Å². The first kappa shape index (κ1) is 19.4. The van der Waals surface area contributed by atoms with E-state index in [4.69, 9.17) is 21.1 Å². The Morgan fingerprint density at radius 2 is 1.71 bits per heavy atom. The molecule has 6 nitrogen and oxygen atoms in total. The number of hydrogen-bond donors (Lipinski definition) is 1. The van der Waals surface area contributed by atoms with Crippen molar-refractivity contribution in [3.63, 3.8) is 0 Å². The first-order valence-corrected chi connectivity index (χ1v) is 8.76. The third-order valence-electron chi connectivity index (χ3n) is 3.88. The van der Waals surface area contributed by atoms with Crippen LogP contribution in [0.15, 0.2) is 65.8 Å². The van der Waals surface area contributed by atoms with Crippen LogP contribution < -0.4 is 14.9 Å². The number of rotatable bonds is 6. The van der Waals surface area contributed by atoms with Crippen LogP contribution in [-0.4, -0.2) is 31.3 Å². The monoisotopic (exact) mass is 395 g/mol. The molecule has 0 bridgehead atoms. The number of methoxy groups -OCH3 is 2. The van der Waals surface area contributed by atoms with Gasteiger partial charge in [-0.05, 0) is 36.4 Å². The molecule has 0 radical (unpaired) electrons. The van der Waals surface area contributed by atoms with Gasteiger partial charge >= 0.3 is 0 Å². The smallest absolute Gasteiger partial charge is 0.289 e. The summed E-state index contributed by atoms with van der Waals surface area (Å²) in [6.07, 6.45) is 1.51. The summed E-state index contributed by atoms with van der Waals surface area (Å²) in [6, 6.07) is 17.8. The van der Waals surface area contributed by atoms with Crippen LogP contribution >= 0.6 is 11.6 Å². The number of benzene rings is 2. The molecule has 0 unspecified atom stereocenters. The van der Waals surface area contributed by atoms with Crippen molar-refractivity contribution in [2.24, 2.45) is 5.10 Å². The van der Waals surface area contributed by atoms with Crippen LogP contribution in [0.4, 0.5) is 0 Å². The van der Waals surface area contributed by atoms with Crippen molar-refractivity contribution in [1.29, 1.82) is 0 Å². The quantitative estimate of drug-likeness (QED) is 0.502. The maximum Gasteiger partial charge on any atom is 0.289 e. The number of ether oxygens (including phenoxy) is 2. The Balaban J connectivity index is 1.72. The highest BCUT2D eigenvalue weighted by Gasteiger charge is 2.08. The molecule has 0 fully saturated rings. The van der Waals surface area contributed by atoms with Gasteiger partial charge in [-0.25, -0.2) is 10.4 Å². The zero-order valence-electron chi connectivity index (χ0n) is 15.3. The van der Waals surface area contributed by atoms with Gasteiger partial charge < -0.3 is 9.47 Å². The van der Waals surface area contributed by atoms with E-state index in [0.717, 1.165) is 11.1 Å². The molecule has 0 aliphatic heterocycles. The standard InChI is InChI=1S/C21H18ClN3O3/c1-27-17-10-14(11-18(12-17)28-2)13-23-25-21(26)20-5-3-4-19(24-20)15-6-8-16(22)9-7-15/h3-13H,1-2H3,(H,25,26)/b23-13+. The van der Waals surface area contributed by atoms with Crippen LogP contribution in [0.3, 0.4) is 0 Å². The number of aromatic nitrogens is 1. The van der Waals surface area contributed by atoms with Crippen LogP contribution in [0.1, 0.15) is 16.1 Å². The molecule has 2 aromatic carbocycles. The third-order valence-corrected chi connectivity index (χ3v) is 4.13. The van der Waals surface area contributed by atoms with Crippen LogP contribution in [0.2, 0.25) is 5.02 Å². The van der Waals surface area contributed by atoms with Gasteiger partial charge in [0.2, 0.25) is 0 Å². The summed E-state index contributed by atoms with van der Waals surface area (Å²) in [6.45, 7) is 0. The highest BCUT2D eigenvalue weighted by molar-refractivity contribution is 6.30. The Morgan fingerprint density at radius 1 is 1.04 bits per heavy atom. The average Bonchev–Trinajstić information content (AvgIpc) is 2.74. The summed E-state index contributed by atoms with van der Waals surface area (Å²) >= 11 is 5.91. The molecule has 0 spiro atoms. The fraction of sp³-hybridized carbons (Fsp3) is 0.0952. The number of carbonyl (C=O) groups is 1. The Hall–Kier alpha value is -3.38. The minimum absolute atomic E-state index is 0.257. The van der Waals surface area contributed by atoms with Crippen LogP contribution in [0.25, 0.3) is 11.3 Å². The number of hydrogen-bond acceptors (Lipinski definition) is 5. The lowest BCUT2D eigenvalue weighted by molar-refractivity contribution is 0.0950. The van der Waals surface area contributed by atoms with Crippen molar-refractivity contribution in [2.45, 2.75) is 0 Å². The molecular formula is C21H18ClN3O3. The van der Waals surface area contributed by atoms with Crippen molar-refractivity contribution in [1.82, 2.24) is 10.4 Å². The van der Waals surface area contributed by atoms with E-state index in [9.17, 15) is 4.79 Å². The lowest BCUT2D eigenvalue weighted by Crippen LogP contribution is -2.19. The Kier molecular flexibility index (Phi) is 6.24. The molecule has 142 valence electrons. The maximum atomic E-state index is 12.4. The van der Waals surface area contributed by atoms with Gasteiger partial charge in [0.1, 0.15) is 17.2 Å². The summed E-state index contributed by atoms with van der Waals surface area (Å²) in [5, 5.41) is 4.63. The second-order valence-electron chi connectivity index (χ2n) is 5.76. The van der Waals surface area contributed by atoms with E-state index in [-0.39, 0.29) is 5.69 Å². The van der Waals surface area contributed by atoms with E-state index < -0.39 is 5.91 Å². The number of hydrazone groups is 1. The summed E-state index contributed by atoms with van der Waals surface area (Å²) in [5.41, 5.74) is 4.99. The number of nitrogens with zero attached hydrogens (tertiary/aromatic N) is 2. The van der Waals surface area contributed by atoms with Crippen molar-refractivity contribution in [3.05, 3.63) is 76.9 Å². The minimum atomic E-state index is -0.415. The molecule has 0 atom stereocenters. The number of halogens is 1. The fourth-order valence-electron chi connectivity index (χ4n) is 2.47. The van der Waals surface area contributed by atoms with Crippen LogP contribution in [0.5, 0.6) is 11.5 Å². The Bertz CT molecular complexity index is 982. The van der Waals surface area contributed by atoms with Crippen molar-refractivity contribution in [3.8, 4) is 22.8 Å². The largest absolute Gasteiger partial charge is 0.497 e. The van der Waals surface area contributed by atoms with Gasteiger partial charge in [-0.3, -0.25) is 4.79 Å². The summed E-state index contributed by atoms with van der Waals surface area (Å²) in [7, 11) is 3.13. The molecule has 1 heterocycles. The molecule has 1 aromatic heterocycles. The van der Waals surface area contributed by atoms with Crippen molar-refractivity contribution in [2.75, 3.05) is 14.2 Å². The predicted octanol–water partition coefficient (Wildman–Crippen LogP) is 4.18. The van der Waals surface area contributed by atoms with E-state index in [1.165, 1.54) is 6.21 Å². The third kappa shape index (κ3) is 4.86. The molecule has 0 aliphatic carbocycles. The number of pyridine rings is 1. The first-order valence-electron chi connectivity index (χ1n) is 8.38. The van der Waals surface area contributed by atoms with Crippen molar-refractivity contribution >= 4 is 23.7 Å². The first-order chi connectivity index (χ1) is 13.6. The van der Waals surface area contributed by atoms with Gasteiger partial charge in [0.25, 0.3) is 5.91 Å². The highest BCUT2D eigenvalue weighted by atomic mass is 35.5. The molecular weight excluding hydrogens is 378 g/mol. The summed E-state index contributed by atoms with van der Waals surface area (Å²) < 4.78 is 10.4. The van der Waals surface area contributed by atoms with E-state index in [0.29, 0.717) is 22.2 Å². The average molecular weight is 396 g/mol. The van der Waals surface area contributed by atoms with Gasteiger partial charge in [-0.1, -0.05) is 29.8 Å².